The third-order valence-electron chi connectivity index (χ3n) is 6.28. The van der Waals surface area contributed by atoms with E-state index in [1.807, 2.05) is 35.1 Å². The number of H-pyrrole nitrogens is 1. The second-order valence-electron chi connectivity index (χ2n) is 9.19. The van der Waals surface area contributed by atoms with Crippen LogP contribution in [0.2, 0.25) is 0 Å². The SMILES string of the molecule is CC(C)(C)N1CCC(c2ccc(-n3cc(-c4n[nH]c5ccccc45)nn3)cc2)CC1. The molecule has 0 spiro atoms. The highest BCUT2D eigenvalue weighted by atomic mass is 15.4. The average Bonchev–Trinajstić information content (AvgIpc) is 3.40. The van der Waals surface area contributed by atoms with Crippen LogP contribution in [0.15, 0.2) is 54.7 Å². The predicted octanol–water partition coefficient (Wildman–Crippen LogP) is 4.79. The zero-order valence-corrected chi connectivity index (χ0v) is 17.8. The number of rotatable bonds is 3. The van der Waals surface area contributed by atoms with Gasteiger partial charge in [0.25, 0.3) is 0 Å². The fourth-order valence-electron chi connectivity index (χ4n) is 4.44. The van der Waals surface area contributed by atoms with E-state index in [1.165, 1.54) is 31.5 Å². The summed E-state index contributed by atoms with van der Waals surface area (Å²) in [5.74, 6) is 0.638. The molecule has 154 valence electrons. The Kier molecular flexibility index (Phi) is 4.66. The molecule has 6 heteroatoms. The Balaban J connectivity index is 1.32. The lowest BCUT2D eigenvalue weighted by Crippen LogP contribution is -2.45. The minimum Gasteiger partial charge on any atom is -0.298 e. The number of hydrogen-bond acceptors (Lipinski definition) is 4. The zero-order chi connectivity index (χ0) is 20.7. The van der Waals surface area contributed by atoms with Crippen LogP contribution in [0.4, 0.5) is 0 Å². The van der Waals surface area contributed by atoms with E-state index in [0.717, 1.165) is 28.0 Å². The van der Waals surface area contributed by atoms with E-state index in [4.69, 9.17) is 0 Å². The number of nitrogens with zero attached hydrogens (tertiary/aromatic N) is 5. The lowest BCUT2D eigenvalue weighted by atomic mass is 9.87. The predicted molar refractivity (Wildman–Crippen MR) is 120 cm³/mol. The van der Waals surface area contributed by atoms with Crippen molar-refractivity contribution < 1.29 is 0 Å². The van der Waals surface area contributed by atoms with Crippen LogP contribution >= 0.6 is 0 Å². The number of likely N-dealkylation sites (tertiary alicyclic amines) is 1. The molecule has 1 aliphatic rings. The third kappa shape index (κ3) is 3.52. The highest BCUT2D eigenvalue weighted by molar-refractivity contribution is 5.91. The lowest BCUT2D eigenvalue weighted by Gasteiger charge is -2.41. The maximum absolute atomic E-state index is 4.43. The molecule has 2 aromatic heterocycles. The summed E-state index contributed by atoms with van der Waals surface area (Å²) in [7, 11) is 0. The van der Waals surface area contributed by atoms with Gasteiger partial charge in [0.15, 0.2) is 0 Å². The number of piperidine rings is 1. The van der Waals surface area contributed by atoms with Gasteiger partial charge in [0.1, 0.15) is 11.4 Å². The van der Waals surface area contributed by atoms with Crippen LogP contribution in [-0.4, -0.2) is 48.7 Å². The van der Waals surface area contributed by atoms with Gasteiger partial charge in [-0.15, -0.1) is 5.10 Å². The zero-order valence-electron chi connectivity index (χ0n) is 17.8. The maximum Gasteiger partial charge on any atom is 0.134 e. The minimum absolute atomic E-state index is 0.263. The van der Waals surface area contributed by atoms with Crippen molar-refractivity contribution in [3.8, 4) is 17.1 Å². The molecule has 0 unspecified atom stereocenters. The summed E-state index contributed by atoms with van der Waals surface area (Å²) in [6, 6.07) is 16.9. The first-order valence-corrected chi connectivity index (χ1v) is 10.7. The molecule has 30 heavy (non-hydrogen) atoms. The van der Waals surface area contributed by atoms with Gasteiger partial charge in [-0.2, -0.15) is 5.10 Å². The van der Waals surface area contributed by atoms with E-state index < -0.39 is 0 Å². The van der Waals surface area contributed by atoms with Crippen molar-refractivity contribution in [2.45, 2.75) is 45.1 Å². The Morgan fingerprint density at radius 3 is 2.43 bits per heavy atom. The fraction of sp³-hybridized carbons (Fsp3) is 0.375. The molecule has 0 bridgehead atoms. The summed E-state index contributed by atoms with van der Waals surface area (Å²) < 4.78 is 1.82. The number of benzene rings is 2. The minimum atomic E-state index is 0.263. The number of fused-ring (bicyclic) bond motifs is 1. The van der Waals surface area contributed by atoms with Crippen LogP contribution in [0.5, 0.6) is 0 Å². The number of nitrogens with one attached hydrogen (secondary N) is 1. The normalized spacial score (nSPS) is 16.4. The average molecular weight is 401 g/mol. The summed E-state index contributed by atoms with van der Waals surface area (Å²) in [6.45, 7) is 9.25. The molecule has 1 saturated heterocycles. The van der Waals surface area contributed by atoms with Crippen LogP contribution in [0.1, 0.15) is 45.1 Å². The van der Waals surface area contributed by atoms with E-state index in [2.05, 4.69) is 70.4 Å². The number of para-hydroxylation sites is 1. The van der Waals surface area contributed by atoms with Gasteiger partial charge in [0.2, 0.25) is 0 Å². The van der Waals surface area contributed by atoms with Crippen molar-refractivity contribution in [1.82, 2.24) is 30.1 Å². The van der Waals surface area contributed by atoms with E-state index in [-0.39, 0.29) is 5.54 Å². The van der Waals surface area contributed by atoms with Crippen molar-refractivity contribution in [1.29, 1.82) is 0 Å². The van der Waals surface area contributed by atoms with Gasteiger partial charge in [-0.25, -0.2) is 4.68 Å². The van der Waals surface area contributed by atoms with E-state index in [1.54, 1.807) is 0 Å². The molecule has 5 rings (SSSR count). The molecule has 1 fully saturated rings. The summed E-state index contributed by atoms with van der Waals surface area (Å²) in [5, 5.41) is 17.2. The van der Waals surface area contributed by atoms with E-state index in [9.17, 15) is 0 Å². The third-order valence-corrected chi connectivity index (χ3v) is 6.28. The van der Waals surface area contributed by atoms with Crippen molar-refractivity contribution in [3.63, 3.8) is 0 Å². The molecule has 0 saturated carbocycles. The number of hydrogen-bond donors (Lipinski definition) is 1. The number of aromatic amines is 1. The van der Waals surface area contributed by atoms with Crippen molar-refractivity contribution in [2.75, 3.05) is 13.1 Å². The molecule has 0 radical (unpaired) electrons. The van der Waals surface area contributed by atoms with Gasteiger partial charge in [-0.1, -0.05) is 35.5 Å². The Bertz CT molecular complexity index is 1140. The second-order valence-corrected chi connectivity index (χ2v) is 9.19. The van der Waals surface area contributed by atoms with E-state index >= 15 is 0 Å². The van der Waals surface area contributed by atoms with Crippen LogP contribution in [0, 0.1) is 0 Å². The molecule has 4 aromatic rings. The van der Waals surface area contributed by atoms with Crippen LogP contribution in [0.3, 0.4) is 0 Å². The largest absolute Gasteiger partial charge is 0.298 e. The summed E-state index contributed by atoms with van der Waals surface area (Å²) in [5.41, 5.74) is 5.31. The molecule has 6 nitrogen and oxygen atoms in total. The lowest BCUT2D eigenvalue weighted by molar-refractivity contribution is 0.102. The van der Waals surface area contributed by atoms with Crippen molar-refractivity contribution in [2.24, 2.45) is 0 Å². The highest BCUT2D eigenvalue weighted by Crippen LogP contribution is 2.31. The quantitative estimate of drug-likeness (QED) is 0.537. The number of aromatic nitrogens is 5. The van der Waals surface area contributed by atoms with Gasteiger partial charge in [-0.05, 0) is 76.4 Å². The first kappa shape index (κ1) is 19.0. The van der Waals surface area contributed by atoms with Gasteiger partial charge in [-0.3, -0.25) is 10.00 Å². The Morgan fingerprint density at radius 1 is 0.967 bits per heavy atom. The van der Waals surface area contributed by atoms with Crippen LogP contribution in [0.25, 0.3) is 28.0 Å². The van der Waals surface area contributed by atoms with Gasteiger partial charge in [0.05, 0.1) is 17.4 Å². The van der Waals surface area contributed by atoms with Crippen molar-refractivity contribution >= 4 is 10.9 Å². The summed E-state index contributed by atoms with van der Waals surface area (Å²) in [4.78, 5) is 2.59. The standard InChI is InChI=1S/C24H28N6/c1-24(2,3)29-14-12-18(13-15-29)17-8-10-19(11-9-17)30-16-22(26-28-30)23-20-6-4-5-7-21(20)25-27-23/h4-11,16,18H,12-15H2,1-3H3,(H,25,27). The maximum atomic E-state index is 4.43. The Labute approximate surface area is 176 Å². The second kappa shape index (κ2) is 7.36. The first-order chi connectivity index (χ1) is 14.5. The Morgan fingerprint density at radius 2 is 1.70 bits per heavy atom. The van der Waals surface area contributed by atoms with Crippen LogP contribution < -0.4 is 0 Å². The molecule has 1 aliphatic heterocycles. The molecular formula is C24H28N6. The highest BCUT2D eigenvalue weighted by Gasteiger charge is 2.27. The fourth-order valence-corrected chi connectivity index (χ4v) is 4.44. The smallest absolute Gasteiger partial charge is 0.134 e. The topological polar surface area (TPSA) is 62.6 Å². The summed E-state index contributed by atoms with van der Waals surface area (Å²) in [6.07, 6.45) is 4.38. The van der Waals surface area contributed by atoms with Gasteiger partial charge >= 0.3 is 0 Å². The van der Waals surface area contributed by atoms with E-state index in [0.29, 0.717) is 5.92 Å². The first-order valence-electron chi connectivity index (χ1n) is 10.7. The summed E-state index contributed by atoms with van der Waals surface area (Å²) >= 11 is 0. The van der Waals surface area contributed by atoms with Gasteiger partial charge in [0, 0.05) is 10.9 Å². The molecule has 3 heterocycles. The van der Waals surface area contributed by atoms with Crippen molar-refractivity contribution in [3.05, 3.63) is 60.3 Å². The molecule has 0 aliphatic carbocycles. The molecular weight excluding hydrogens is 372 g/mol. The molecule has 2 aromatic carbocycles. The molecule has 0 atom stereocenters. The van der Waals surface area contributed by atoms with Gasteiger partial charge < -0.3 is 0 Å². The monoisotopic (exact) mass is 400 g/mol. The molecule has 0 amide bonds. The Hall–Kier alpha value is -2.99. The van der Waals surface area contributed by atoms with Crippen LogP contribution in [-0.2, 0) is 0 Å². The molecule has 1 N–H and O–H groups in total.